The van der Waals surface area contributed by atoms with E-state index in [0.29, 0.717) is 5.70 Å². The van der Waals surface area contributed by atoms with E-state index in [9.17, 15) is 4.79 Å². The van der Waals surface area contributed by atoms with Crippen LogP contribution in [-0.2, 0) is 9.53 Å². The van der Waals surface area contributed by atoms with Crippen molar-refractivity contribution in [2.75, 3.05) is 12.4 Å². The fraction of sp³-hybridized carbons (Fsp3) is 0.273. The summed E-state index contributed by atoms with van der Waals surface area (Å²) in [6.45, 7) is 3.71. The van der Waals surface area contributed by atoms with Gasteiger partial charge in [0.05, 0.1) is 19.0 Å². The molecule has 0 radical (unpaired) electrons. The number of allylic oxidation sites excluding steroid dienone is 1. The van der Waals surface area contributed by atoms with Crippen LogP contribution >= 0.6 is 0 Å². The minimum Gasteiger partial charge on any atom is -0.466 e. The maximum Gasteiger partial charge on any atom is 0.332 e. The molecule has 1 N–H and O–H groups in total. The Morgan fingerprint density at radius 3 is 2.80 bits per heavy atom. The Morgan fingerprint density at radius 2 is 2.27 bits per heavy atom. The first-order valence-corrected chi connectivity index (χ1v) is 4.58. The molecule has 0 aliphatic heterocycles. The van der Waals surface area contributed by atoms with Crippen molar-refractivity contribution in [2.45, 2.75) is 13.8 Å². The molecule has 80 valence electrons. The van der Waals surface area contributed by atoms with Gasteiger partial charge in [-0.25, -0.2) is 4.79 Å². The molecule has 0 aromatic carbocycles. The second kappa shape index (κ2) is 5.14. The van der Waals surface area contributed by atoms with E-state index >= 15 is 0 Å². The van der Waals surface area contributed by atoms with Gasteiger partial charge in [-0.2, -0.15) is 0 Å². The number of hydrogen-bond acceptors (Lipinski definition) is 4. The fourth-order valence-electron chi connectivity index (χ4n) is 1.04. The molecule has 0 saturated carbocycles. The number of esters is 1. The van der Waals surface area contributed by atoms with Gasteiger partial charge in [0.25, 0.3) is 0 Å². The molecule has 0 aliphatic carbocycles. The van der Waals surface area contributed by atoms with Gasteiger partial charge in [0.1, 0.15) is 0 Å². The number of anilines is 1. The Bertz CT molecular complexity index is 369. The van der Waals surface area contributed by atoms with Gasteiger partial charge < -0.3 is 10.1 Å². The molecule has 1 aromatic rings. The maximum absolute atomic E-state index is 10.9. The van der Waals surface area contributed by atoms with Crippen LogP contribution in [0.1, 0.15) is 12.6 Å². The van der Waals surface area contributed by atoms with Crippen LogP contribution in [0.25, 0.3) is 0 Å². The Labute approximate surface area is 89.0 Å². The number of carbonyl (C=O) groups excluding carboxylic acids is 1. The Kier molecular flexibility index (Phi) is 3.85. The molecule has 0 atom stereocenters. The van der Waals surface area contributed by atoms with Crippen molar-refractivity contribution < 1.29 is 9.53 Å². The summed E-state index contributed by atoms with van der Waals surface area (Å²) in [6.07, 6.45) is 3.10. The maximum atomic E-state index is 10.9. The molecule has 15 heavy (non-hydrogen) atoms. The molecule has 4 nitrogen and oxygen atoms in total. The van der Waals surface area contributed by atoms with E-state index in [2.05, 4.69) is 15.0 Å². The van der Waals surface area contributed by atoms with E-state index in [-0.39, 0.29) is 5.97 Å². The topological polar surface area (TPSA) is 51.2 Å². The predicted molar refractivity (Wildman–Crippen MR) is 58.4 cm³/mol. The number of carbonyl (C=O) groups is 1. The number of pyridine rings is 1. The lowest BCUT2D eigenvalue weighted by molar-refractivity contribution is -0.134. The number of hydrogen-bond donors (Lipinski definition) is 1. The van der Waals surface area contributed by atoms with E-state index in [0.717, 1.165) is 11.4 Å². The highest BCUT2D eigenvalue weighted by atomic mass is 16.5. The largest absolute Gasteiger partial charge is 0.466 e. The number of methoxy groups -OCH3 is 1. The van der Waals surface area contributed by atoms with Crippen molar-refractivity contribution in [2.24, 2.45) is 0 Å². The molecule has 4 heteroatoms. The summed E-state index contributed by atoms with van der Waals surface area (Å²) in [6, 6.07) is 3.80. The molecule has 1 heterocycles. The molecule has 0 spiro atoms. The van der Waals surface area contributed by atoms with Crippen LogP contribution in [0.5, 0.6) is 0 Å². The summed E-state index contributed by atoms with van der Waals surface area (Å²) in [7, 11) is 1.35. The van der Waals surface area contributed by atoms with E-state index < -0.39 is 0 Å². The molecule has 1 rings (SSSR count). The zero-order valence-corrected chi connectivity index (χ0v) is 9.07. The fourth-order valence-corrected chi connectivity index (χ4v) is 1.04. The Hall–Kier alpha value is -1.84. The van der Waals surface area contributed by atoms with Crippen molar-refractivity contribution in [3.8, 4) is 0 Å². The number of rotatable bonds is 3. The molecule has 0 amide bonds. The van der Waals surface area contributed by atoms with Crippen molar-refractivity contribution in [1.29, 1.82) is 0 Å². The quantitative estimate of drug-likeness (QED) is 0.606. The Morgan fingerprint density at radius 1 is 1.53 bits per heavy atom. The molecular weight excluding hydrogens is 192 g/mol. The van der Waals surface area contributed by atoms with Gasteiger partial charge in [-0.1, -0.05) is 0 Å². The average molecular weight is 206 g/mol. The van der Waals surface area contributed by atoms with Crippen LogP contribution in [0, 0.1) is 6.92 Å². The lowest BCUT2D eigenvalue weighted by atomic mass is 10.3. The lowest BCUT2D eigenvalue weighted by Crippen LogP contribution is -2.02. The summed E-state index contributed by atoms with van der Waals surface area (Å²) in [4.78, 5) is 15.0. The highest BCUT2D eigenvalue weighted by Gasteiger charge is 1.97. The third-order valence-electron chi connectivity index (χ3n) is 1.79. The van der Waals surface area contributed by atoms with Crippen LogP contribution in [0.3, 0.4) is 0 Å². The van der Waals surface area contributed by atoms with Gasteiger partial charge in [0, 0.05) is 17.5 Å². The van der Waals surface area contributed by atoms with E-state index in [1.165, 1.54) is 13.2 Å². The molecule has 0 saturated heterocycles. The van der Waals surface area contributed by atoms with Gasteiger partial charge in [0.2, 0.25) is 0 Å². The monoisotopic (exact) mass is 206 g/mol. The van der Waals surface area contributed by atoms with Crippen LogP contribution in [-0.4, -0.2) is 18.1 Å². The first-order valence-electron chi connectivity index (χ1n) is 4.58. The number of nitrogens with zero attached hydrogens (tertiary/aromatic N) is 1. The zero-order chi connectivity index (χ0) is 11.3. The van der Waals surface area contributed by atoms with Gasteiger partial charge in [-0.15, -0.1) is 0 Å². The zero-order valence-electron chi connectivity index (χ0n) is 9.07. The summed E-state index contributed by atoms with van der Waals surface area (Å²) in [5.74, 6) is -0.375. The normalized spacial score (nSPS) is 11.0. The first-order chi connectivity index (χ1) is 7.11. The predicted octanol–water partition coefficient (Wildman–Crippen LogP) is 1.88. The summed E-state index contributed by atoms with van der Waals surface area (Å²) in [5, 5.41) is 3.03. The molecule has 0 unspecified atom stereocenters. The third kappa shape index (κ3) is 3.81. The lowest BCUT2D eigenvalue weighted by Gasteiger charge is -2.05. The van der Waals surface area contributed by atoms with E-state index in [1.54, 1.807) is 13.1 Å². The summed E-state index contributed by atoms with van der Waals surface area (Å²) >= 11 is 0. The van der Waals surface area contributed by atoms with Gasteiger partial charge in [0.15, 0.2) is 0 Å². The van der Waals surface area contributed by atoms with Crippen LogP contribution in [0.2, 0.25) is 0 Å². The minimum atomic E-state index is -0.375. The number of ether oxygens (including phenoxy) is 1. The smallest absolute Gasteiger partial charge is 0.332 e. The molecule has 0 bridgehead atoms. The van der Waals surface area contributed by atoms with Gasteiger partial charge in [-0.3, -0.25) is 4.98 Å². The third-order valence-corrected chi connectivity index (χ3v) is 1.79. The summed E-state index contributed by atoms with van der Waals surface area (Å²) < 4.78 is 4.51. The number of aryl methyl sites for hydroxylation is 1. The van der Waals surface area contributed by atoms with Crippen LogP contribution < -0.4 is 5.32 Å². The van der Waals surface area contributed by atoms with Crippen molar-refractivity contribution in [3.63, 3.8) is 0 Å². The van der Waals surface area contributed by atoms with Crippen LogP contribution in [0.15, 0.2) is 30.1 Å². The molecule has 0 fully saturated rings. The first kappa shape index (κ1) is 11.2. The van der Waals surface area contributed by atoms with Crippen molar-refractivity contribution >= 4 is 11.7 Å². The Balaban J connectivity index is 2.66. The number of nitrogens with one attached hydrogen (secondary N) is 1. The SMILES string of the molecule is COC(=O)/C=C(\C)Nc1ccc(C)nc1. The average Bonchev–Trinajstić information content (AvgIpc) is 2.21. The summed E-state index contributed by atoms with van der Waals surface area (Å²) in [5.41, 5.74) is 2.51. The minimum absolute atomic E-state index is 0.375. The molecule has 1 aromatic heterocycles. The highest BCUT2D eigenvalue weighted by molar-refractivity contribution is 5.83. The van der Waals surface area contributed by atoms with Crippen molar-refractivity contribution in [3.05, 3.63) is 35.8 Å². The van der Waals surface area contributed by atoms with Gasteiger partial charge in [-0.05, 0) is 26.0 Å². The highest BCUT2D eigenvalue weighted by Crippen LogP contribution is 2.08. The van der Waals surface area contributed by atoms with Gasteiger partial charge >= 0.3 is 5.97 Å². The standard InChI is InChI=1S/C11H14N2O2/c1-8-4-5-10(7-12-8)13-9(2)6-11(14)15-3/h4-7,13H,1-3H3/b9-6+. The number of aromatic nitrogens is 1. The van der Waals surface area contributed by atoms with E-state index in [4.69, 9.17) is 0 Å². The van der Waals surface area contributed by atoms with Crippen molar-refractivity contribution in [1.82, 2.24) is 4.98 Å². The molecular formula is C11H14N2O2. The van der Waals surface area contributed by atoms with Crippen LogP contribution in [0.4, 0.5) is 5.69 Å². The van der Waals surface area contributed by atoms with E-state index in [1.807, 2.05) is 19.1 Å². The molecule has 0 aliphatic rings. The second-order valence-electron chi connectivity index (χ2n) is 3.16. The second-order valence-corrected chi connectivity index (χ2v) is 3.16.